The minimum atomic E-state index is 0.0254. The predicted molar refractivity (Wildman–Crippen MR) is 109 cm³/mol. The lowest BCUT2D eigenvalue weighted by atomic mass is 10.0. The van der Waals surface area contributed by atoms with Crippen LogP contribution in [-0.2, 0) is 0 Å². The quantitative estimate of drug-likeness (QED) is 0.284. The van der Waals surface area contributed by atoms with Crippen molar-refractivity contribution in [3.63, 3.8) is 0 Å². The van der Waals surface area contributed by atoms with Gasteiger partial charge in [0.25, 0.3) is 0 Å². The second-order valence-corrected chi connectivity index (χ2v) is 6.30. The summed E-state index contributed by atoms with van der Waals surface area (Å²) < 4.78 is 0. The fourth-order valence-corrected chi connectivity index (χ4v) is 3.00. The summed E-state index contributed by atoms with van der Waals surface area (Å²) in [6, 6.07) is 21.2. The van der Waals surface area contributed by atoms with Crippen molar-refractivity contribution in [2.45, 2.75) is 0 Å². The molecule has 0 aliphatic heterocycles. The number of nitrogens with zero attached hydrogens (tertiary/aromatic N) is 1. The lowest BCUT2D eigenvalue weighted by Gasteiger charge is -2.05. The van der Waals surface area contributed by atoms with Crippen molar-refractivity contribution in [1.82, 2.24) is 9.97 Å². The Morgan fingerprint density at radius 2 is 1.41 bits per heavy atom. The van der Waals surface area contributed by atoms with Crippen LogP contribution in [-0.4, -0.2) is 21.6 Å². The molecule has 3 aromatic carbocycles. The first-order valence-corrected chi connectivity index (χ1v) is 8.41. The van der Waals surface area contributed by atoms with E-state index in [1.54, 1.807) is 6.07 Å². The SMILES string of the molecule is N=C(N)c1ccc(-c2cccc(-c3nc4cc(C(=N)N)ccc4[nH]3)c2)cc1. The number of hydrogen-bond acceptors (Lipinski definition) is 3. The first-order valence-electron chi connectivity index (χ1n) is 8.41. The van der Waals surface area contributed by atoms with Crippen molar-refractivity contribution in [2.24, 2.45) is 11.5 Å². The molecule has 0 aliphatic carbocycles. The van der Waals surface area contributed by atoms with E-state index in [1.165, 1.54) is 0 Å². The molecule has 0 bridgehead atoms. The molecule has 0 radical (unpaired) electrons. The van der Waals surface area contributed by atoms with Gasteiger partial charge in [-0.1, -0.05) is 42.5 Å². The average Bonchev–Trinajstić information content (AvgIpc) is 3.11. The summed E-state index contributed by atoms with van der Waals surface area (Å²) >= 11 is 0. The Hall–Kier alpha value is -3.93. The van der Waals surface area contributed by atoms with Gasteiger partial charge in [-0.15, -0.1) is 0 Å². The molecule has 7 N–H and O–H groups in total. The molecule has 1 aromatic heterocycles. The van der Waals surface area contributed by atoms with Crippen LogP contribution in [0.5, 0.6) is 0 Å². The van der Waals surface area contributed by atoms with Gasteiger partial charge in [0.2, 0.25) is 0 Å². The number of imidazole rings is 1. The van der Waals surface area contributed by atoms with Crippen LogP contribution in [0.4, 0.5) is 0 Å². The Morgan fingerprint density at radius 1 is 0.741 bits per heavy atom. The van der Waals surface area contributed by atoms with Crippen molar-refractivity contribution < 1.29 is 0 Å². The van der Waals surface area contributed by atoms with Crippen molar-refractivity contribution in [1.29, 1.82) is 10.8 Å². The lowest BCUT2D eigenvalue weighted by Crippen LogP contribution is -2.10. The molecule has 0 saturated heterocycles. The molecule has 0 spiro atoms. The predicted octanol–water partition coefficient (Wildman–Crippen LogP) is 3.47. The van der Waals surface area contributed by atoms with Crippen LogP contribution in [0.1, 0.15) is 11.1 Å². The summed E-state index contributed by atoms with van der Waals surface area (Å²) in [5.74, 6) is 0.841. The summed E-state index contributed by atoms with van der Waals surface area (Å²) in [6.07, 6.45) is 0. The highest BCUT2D eigenvalue weighted by molar-refractivity contribution is 5.98. The first kappa shape index (κ1) is 16.5. The average molecular weight is 354 g/mol. The number of aromatic amines is 1. The Morgan fingerprint density at radius 3 is 2.11 bits per heavy atom. The molecule has 0 unspecified atom stereocenters. The monoisotopic (exact) mass is 354 g/mol. The van der Waals surface area contributed by atoms with Crippen LogP contribution in [0.3, 0.4) is 0 Å². The molecule has 27 heavy (non-hydrogen) atoms. The number of benzene rings is 3. The zero-order valence-corrected chi connectivity index (χ0v) is 14.5. The van der Waals surface area contributed by atoms with Crippen LogP contribution in [0.25, 0.3) is 33.5 Å². The summed E-state index contributed by atoms with van der Waals surface area (Å²) in [5.41, 5.74) is 17.1. The Labute approximate surface area is 155 Å². The van der Waals surface area contributed by atoms with Crippen molar-refractivity contribution in [3.8, 4) is 22.5 Å². The fraction of sp³-hybridized carbons (Fsp3) is 0. The van der Waals surface area contributed by atoms with Crippen molar-refractivity contribution in [2.75, 3.05) is 0 Å². The van der Waals surface area contributed by atoms with E-state index in [0.29, 0.717) is 11.1 Å². The molecule has 132 valence electrons. The van der Waals surface area contributed by atoms with E-state index < -0.39 is 0 Å². The summed E-state index contributed by atoms with van der Waals surface area (Å²) in [4.78, 5) is 7.96. The zero-order valence-electron chi connectivity index (χ0n) is 14.5. The van der Waals surface area contributed by atoms with Crippen LogP contribution in [0, 0.1) is 10.8 Å². The van der Waals surface area contributed by atoms with Gasteiger partial charge in [0.05, 0.1) is 11.0 Å². The molecule has 0 amide bonds. The van der Waals surface area contributed by atoms with E-state index in [2.05, 4.69) is 16.0 Å². The van der Waals surface area contributed by atoms with E-state index in [9.17, 15) is 0 Å². The van der Waals surface area contributed by atoms with Gasteiger partial charge in [-0.3, -0.25) is 10.8 Å². The number of rotatable bonds is 4. The number of fused-ring (bicyclic) bond motifs is 1. The second kappa shape index (κ2) is 6.42. The smallest absolute Gasteiger partial charge is 0.138 e. The topological polar surface area (TPSA) is 128 Å². The molecule has 0 fully saturated rings. The number of amidine groups is 2. The molecule has 0 saturated carbocycles. The maximum Gasteiger partial charge on any atom is 0.138 e. The summed E-state index contributed by atoms with van der Waals surface area (Å²) in [6.45, 7) is 0. The minimum absolute atomic E-state index is 0.0254. The number of hydrogen-bond donors (Lipinski definition) is 5. The lowest BCUT2D eigenvalue weighted by molar-refractivity contribution is 1.34. The van der Waals surface area contributed by atoms with E-state index in [4.69, 9.17) is 22.3 Å². The molecule has 6 nitrogen and oxygen atoms in total. The maximum atomic E-state index is 7.57. The van der Waals surface area contributed by atoms with E-state index >= 15 is 0 Å². The first-order chi connectivity index (χ1) is 13.0. The second-order valence-electron chi connectivity index (χ2n) is 6.30. The third-order valence-corrected chi connectivity index (χ3v) is 4.46. The van der Waals surface area contributed by atoms with Gasteiger partial charge in [0, 0.05) is 16.7 Å². The molecular formula is C21H18N6. The van der Waals surface area contributed by atoms with Gasteiger partial charge in [-0.05, 0) is 35.4 Å². The number of nitrogens with two attached hydrogens (primary N) is 2. The highest BCUT2D eigenvalue weighted by atomic mass is 14.9. The van der Waals surface area contributed by atoms with Gasteiger partial charge >= 0.3 is 0 Å². The van der Waals surface area contributed by atoms with Gasteiger partial charge in [-0.2, -0.15) is 0 Å². The summed E-state index contributed by atoms with van der Waals surface area (Å²) in [5, 5.41) is 15.1. The van der Waals surface area contributed by atoms with Crippen molar-refractivity contribution >= 4 is 22.7 Å². The molecule has 4 aromatic rings. The number of aromatic nitrogens is 2. The van der Waals surface area contributed by atoms with Crippen molar-refractivity contribution in [3.05, 3.63) is 77.9 Å². The Balaban J connectivity index is 1.72. The van der Waals surface area contributed by atoms with Gasteiger partial charge in [0.15, 0.2) is 0 Å². The molecule has 4 rings (SSSR count). The van der Waals surface area contributed by atoms with Gasteiger partial charge < -0.3 is 16.5 Å². The van der Waals surface area contributed by atoms with Gasteiger partial charge in [-0.25, -0.2) is 4.98 Å². The van der Waals surface area contributed by atoms with Gasteiger partial charge in [0.1, 0.15) is 17.5 Å². The minimum Gasteiger partial charge on any atom is -0.384 e. The molecule has 0 atom stereocenters. The highest BCUT2D eigenvalue weighted by Gasteiger charge is 2.08. The van der Waals surface area contributed by atoms with Crippen LogP contribution in [0.2, 0.25) is 0 Å². The third-order valence-electron chi connectivity index (χ3n) is 4.46. The number of nitrogens with one attached hydrogen (secondary N) is 3. The highest BCUT2D eigenvalue weighted by Crippen LogP contribution is 2.27. The molecule has 0 aliphatic rings. The van der Waals surface area contributed by atoms with E-state index in [1.807, 2.05) is 54.6 Å². The van der Waals surface area contributed by atoms with E-state index in [-0.39, 0.29) is 11.7 Å². The summed E-state index contributed by atoms with van der Waals surface area (Å²) in [7, 11) is 0. The largest absolute Gasteiger partial charge is 0.384 e. The van der Waals surface area contributed by atoms with Crippen LogP contribution < -0.4 is 11.5 Å². The zero-order chi connectivity index (χ0) is 19.0. The molecular weight excluding hydrogens is 336 g/mol. The number of H-pyrrole nitrogens is 1. The third kappa shape index (κ3) is 3.16. The van der Waals surface area contributed by atoms with E-state index in [0.717, 1.165) is 33.5 Å². The van der Waals surface area contributed by atoms with Crippen LogP contribution >= 0.6 is 0 Å². The maximum absolute atomic E-state index is 7.57. The molecule has 1 heterocycles. The Kier molecular flexibility index (Phi) is 3.93. The normalized spacial score (nSPS) is 10.8. The van der Waals surface area contributed by atoms with Crippen LogP contribution in [0.15, 0.2) is 66.7 Å². The number of nitrogen functional groups attached to an aromatic ring is 2. The fourth-order valence-electron chi connectivity index (χ4n) is 3.00. The Bertz CT molecular complexity index is 1170. The molecule has 6 heteroatoms. The standard InChI is InChI=1S/C21H18N6/c22-19(23)13-6-4-12(5-7-13)14-2-1-3-16(10-14)21-26-17-9-8-15(20(24)25)11-18(17)27-21/h1-11H,(H3,22,23)(H3,24,25)(H,26,27).